The first-order valence-corrected chi connectivity index (χ1v) is 8.55. The van der Waals surface area contributed by atoms with E-state index in [0.717, 1.165) is 43.9 Å². The lowest BCUT2D eigenvalue weighted by atomic mass is 10.0. The van der Waals surface area contributed by atoms with Crippen LogP contribution in [0.25, 0.3) is 0 Å². The van der Waals surface area contributed by atoms with E-state index in [2.05, 4.69) is 15.4 Å². The Morgan fingerprint density at radius 3 is 2.77 bits per heavy atom. The van der Waals surface area contributed by atoms with Crippen molar-refractivity contribution in [2.75, 3.05) is 13.1 Å². The highest BCUT2D eigenvalue weighted by Gasteiger charge is 2.26. The number of hydrogen-bond acceptors (Lipinski definition) is 4. The van der Waals surface area contributed by atoms with E-state index in [4.69, 9.17) is 4.52 Å². The Morgan fingerprint density at radius 1 is 1.32 bits per heavy atom. The van der Waals surface area contributed by atoms with Crippen molar-refractivity contribution in [2.45, 2.75) is 65.0 Å². The normalized spacial score (nSPS) is 23.3. The van der Waals surface area contributed by atoms with Crippen molar-refractivity contribution in [3.63, 3.8) is 0 Å². The number of hydrogen-bond donors (Lipinski definition) is 1. The molecule has 1 saturated heterocycles. The summed E-state index contributed by atoms with van der Waals surface area (Å²) in [5, 5.41) is 7.24. The fourth-order valence-electron chi connectivity index (χ4n) is 3.81. The smallest absolute Gasteiger partial charge is 0.220 e. The van der Waals surface area contributed by atoms with Gasteiger partial charge in [0.2, 0.25) is 5.91 Å². The Hall–Kier alpha value is -1.36. The summed E-state index contributed by atoms with van der Waals surface area (Å²) in [6.45, 7) is 6.78. The average Bonchev–Trinajstić information content (AvgIpc) is 3.19. The zero-order chi connectivity index (χ0) is 15.5. The second-order valence-corrected chi connectivity index (χ2v) is 6.95. The maximum absolute atomic E-state index is 12.1. The number of likely N-dealkylation sites (tertiary alicyclic amines) is 1. The minimum atomic E-state index is 0.246. The maximum atomic E-state index is 12.1. The number of carbonyl (C=O) groups is 1. The van der Waals surface area contributed by atoms with Crippen LogP contribution in [0.1, 0.15) is 55.5 Å². The standard InChI is InChI=1S/C17H27N3O2/c1-12-16(13(2)22-19-12)11-20-8-7-15(10-20)18-17(21)9-14-5-3-4-6-14/h14-15H,3-11H2,1-2H3,(H,18,21)/t15-/m1/s1. The van der Waals surface area contributed by atoms with Gasteiger partial charge in [-0.1, -0.05) is 18.0 Å². The first kappa shape index (κ1) is 15.5. The molecule has 122 valence electrons. The topological polar surface area (TPSA) is 58.4 Å². The lowest BCUT2D eigenvalue weighted by molar-refractivity contribution is -0.122. The average molecular weight is 305 g/mol. The molecule has 1 aliphatic heterocycles. The molecule has 0 radical (unpaired) electrons. The predicted molar refractivity (Wildman–Crippen MR) is 84.4 cm³/mol. The molecule has 0 unspecified atom stereocenters. The number of rotatable bonds is 5. The summed E-state index contributed by atoms with van der Waals surface area (Å²) in [4.78, 5) is 14.5. The van der Waals surface area contributed by atoms with Crippen molar-refractivity contribution in [1.82, 2.24) is 15.4 Å². The van der Waals surface area contributed by atoms with Crippen LogP contribution in [0.2, 0.25) is 0 Å². The predicted octanol–water partition coefficient (Wildman–Crippen LogP) is 2.56. The van der Waals surface area contributed by atoms with Gasteiger partial charge in [0.15, 0.2) is 0 Å². The zero-order valence-corrected chi connectivity index (χ0v) is 13.7. The number of nitrogens with one attached hydrogen (secondary N) is 1. The van der Waals surface area contributed by atoms with E-state index in [1.54, 1.807) is 0 Å². The Bertz CT molecular complexity index is 500. The van der Waals surface area contributed by atoms with Crippen LogP contribution in [-0.4, -0.2) is 35.1 Å². The largest absolute Gasteiger partial charge is 0.361 e. The lowest BCUT2D eigenvalue weighted by Gasteiger charge is -2.17. The van der Waals surface area contributed by atoms with Crippen LogP contribution in [0.4, 0.5) is 0 Å². The SMILES string of the molecule is Cc1noc(C)c1CN1CC[C@@H](NC(=O)CC2CCCC2)C1. The molecular weight excluding hydrogens is 278 g/mol. The molecule has 1 N–H and O–H groups in total. The number of amides is 1. The van der Waals surface area contributed by atoms with Gasteiger partial charge in [-0.2, -0.15) is 0 Å². The van der Waals surface area contributed by atoms with Gasteiger partial charge in [0.25, 0.3) is 0 Å². The van der Waals surface area contributed by atoms with Crippen molar-refractivity contribution in [3.8, 4) is 0 Å². The molecule has 22 heavy (non-hydrogen) atoms. The van der Waals surface area contributed by atoms with Crippen LogP contribution in [0, 0.1) is 19.8 Å². The van der Waals surface area contributed by atoms with Crippen LogP contribution in [0.5, 0.6) is 0 Å². The van der Waals surface area contributed by atoms with Crippen LogP contribution in [0.3, 0.4) is 0 Å². The summed E-state index contributed by atoms with van der Waals surface area (Å²) >= 11 is 0. The highest BCUT2D eigenvalue weighted by molar-refractivity contribution is 5.76. The van der Waals surface area contributed by atoms with Crippen LogP contribution in [-0.2, 0) is 11.3 Å². The Labute approximate surface area is 132 Å². The first-order valence-electron chi connectivity index (χ1n) is 8.55. The van der Waals surface area contributed by atoms with Gasteiger partial charge in [0.1, 0.15) is 5.76 Å². The third-order valence-corrected chi connectivity index (χ3v) is 5.15. The summed E-state index contributed by atoms with van der Waals surface area (Å²) in [5.74, 6) is 1.78. The molecule has 1 saturated carbocycles. The monoisotopic (exact) mass is 305 g/mol. The Morgan fingerprint density at radius 2 is 2.09 bits per heavy atom. The summed E-state index contributed by atoms with van der Waals surface area (Å²) in [7, 11) is 0. The Balaban J connectivity index is 1.45. The maximum Gasteiger partial charge on any atom is 0.220 e. The molecule has 0 aromatic carbocycles. The van der Waals surface area contributed by atoms with Crippen LogP contribution < -0.4 is 5.32 Å². The van der Waals surface area contributed by atoms with Gasteiger partial charge < -0.3 is 9.84 Å². The van der Waals surface area contributed by atoms with Crippen molar-refractivity contribution in [1.29, 1.82) is 0 Å². The number of aromatic nitrogens is 1. The van der Waals surface area contributed by atoms with Gasteiger partial charge >= 0.3 is 0 Å². The highest BCUT2D eigenvalue weighted by atomic mass is 16.5. The third kappa shape index (κ3) is 3.69. The summed E-state index contributed by atoms with van der Waals surface area (Å²) in [5.41, 5.74) is 2.17. The molecule has 1 aromatic rings. The molecule has 1 atom stereocenters. The molecule has 5 nitrogen and oxygen atoms in total. The van der Waals surface area contributed by atoms with Crippen molar-refractivity contribution in [2.24, 2.45) is 5.92 Å². The highest BCUT2D eigenvalue weighted by Crippen LogP contribution is 2.27. The molecule has 0 spiro atoms. The van der Waals surface area contributed by atoms with Gasteiger partial charge in [0, 0.05) is 37.7 Å². The molecule has 5 heteroatoms. The number of carbonyl (C=O) groups excluding carboxylic acids is 1. The fraction of sp³-hybridized carbons (Fsp3) is 0.765. The van der Waals surface area contributed by atoms with E-state index >= 15 is 0 Å². The van der Waals surface area contributed by atoms with Gasteiger partial charge in [-0.15, -0.1) is 0 Å². The van der Waals surface area contributed by atoms with E-state index < -0.39 is 0 Å². The molecule has 1 aromatic heterocycles. The number of aryl methyl sites for hydroxylation is 2. The summed E-state index contributed by atoms with van der Waals surface area (Å²) < 4.78 is 5.22. The van der Waals surface area contributed by atoms with Crippen molar-refractivity contribution in [3.05, 3.63) is 17.0 Å². The minimum absolute atomic E-state index is 0.246. The summed E-state index contributed by atoms with van der Waals surface area (Å²) in [6.07, 6.45) is 6.83. The van der Waals surface area contributed by atoms with E-state index in [1.165, 1.54) is 31.2 Å². The first-order chi connectivity index (χ1) is 10.6. The molecule has 1 amide bonds. The van der Waals surface area contributed by atoms with Gasteiger partial charge in [0.05, 0.1) is 5.69 Å². The van der Waals surface area contributed by atoms with Crippen LogP contribution in [0.15, 0.2) is 4.52 Å². The molecule has 3 rings (SSSR count). The molecule has 2 aliphatic rings. The Kier molecular flexibility index (Phi) is 4.81. The summed E-state index contributed by atoms with van der Waals surface area (Å²) in [6, 6.07) is 0.300. The van der Waals surface area contributed by atoms with Crippen molar-refractivity contribution >= 4 is 5.91 Å². The molecule has 2 fully saturated rings. The van der Waals surface area contributed by atoms with Gasteiger partial charge in [-0.25, -0.2) is 0 Å². The molecular formula is C17H27N3O2. The van der Waals surface area contributed by atoms with E-state index in [-0.39, 0.29) is 5.91 Å². The minimum Gasteiger partial charge on any atom is -0.361 e. The zero-order valence-electron chi connectivity index (χ0n) is 13.7. The fourth-order valence-corrected chi connectivity index (χ4v) is 3.81. The quantitative estimate of drug-likeness (QED) is 0.908. The van der Waals surface area contributed by atoms with Gasteiger partial charge in [-0.05, 0) is 39.0 Å². The van der Waals surface area contributed by atoms with Crippen LogP contribution >= 0.6 is 0 Å². The lowest BCUT2D eigenvalue weighted by Crippen LogP contribution is -2.37. The van der Waals surface area contributed by atoms with Crippen molar-refractivity contribution < 1.29 is 9.32 Å². The molecule has 0 bridgehead atoms. The van der Waals surface area contributed by atoms with E-state index in [1.807, 2.05) is 13.8 Å². The third-order valence-electron chi connectivity index (χ3n) is 5.15. The molecule has 2 heterocycles. The van der Waals surface area contributed by atoms with Gasteiger partial charge in [-0.3, -0.25) is 9.69 Å². The molecule has 1 aliphatic carbocycles. The van der Waals surface area contributed by atoms with E-state index in [9.17, 15) is 4.79 Å². The number of nitrogens with zero attached hydrogens (tertiary/aromatic N) is 2. The second kappa shape index (κ2) is 6.82. The second-order valence-electron chi connectivity index (χ2n) is 6.95. The van der Waals surface area contributed by atoms with E-state index in [0.29, 0.717) is 12.0 Å².